The molecule has 3 rings (SSSR count). The number of methoxy groups -OCH3 is 1. The molecule has 1 aliphatic heterocycles. The molecule has 1 heterocycles. The second-order valence-electron chi connectivity index (χ2n) is 9.33. The molecule has 0 aliphatic carbocycles. The van der Waals surface area contributed by atoms with Crippen molar-refractivity contribution in [1.82, 2.24) is 4.72 Å². The van der Waals surface area contributed by atoms with Crippen molar-refractivity contribution in [2.75, 3.05) is 35.5 Å². The number of hydrogen-bond donors (Lipinski definition) is 2. The quantitative estimate of drug-likeness (QED) is 0.614. The minimum Gasteiger partial charge on any atom is -0.496 e. The van der Waals surface area contributed by atoms with Crippen molar-refractivity contribution < 1.29 is 21.6 Å². The molecule has 1 fully saturated rings. The lowest BCUT2D eigenvalue weighted by atomic mass is 9.84. The van der Waals surface area contributed by atoms with E-state index in [-0.39, 0.29) is 5.41 Å². The van der Waals surface area contributed by atoms with Gasteiger partial charge >= 0.3 is 10.2 Å². The van der Waals surface area contributed by atoms with Crippen LogP contribution in [0.3, 0.4) is 0 Å². The van der Waals surface area contributed by atoms with Gasteiger partial charge in [-0.25, -0.2) is 8.42 Å². The number of aryl methyl sites for hydroxylation is 2. The van der Waals surface area contributed by atoms with Gasteiger partial charge in [0.1, 0.15) is 5.75 Å². The van der Waals surface area contributed by atoms with Crippen LogP contribution < -0.4 is 18.5 Å². The van der Waals surface area contributed by atoms with Crippen molar-refractivity contribution in [3.8, 4) is 5.75 Å². The molecule has 2 N–H and O–H groups in total. The van der Waals surface area contributed by atoms with E-state index in [1.54, 1.807) is 19.2 Å². The van der Waals surface area contributed by atoms with Crippen molar-refractivity contribution in [2.45, 2.75) is 45.4 Å². The number of anilines is 2. The minimum absolute atomic E-state index is 0.248. The van der Waals surface area contributed by atoms with Crippen molar-refractivity contribution in [1.29, 1.82) is 0 Å². The average Bonchev–Trinajstić information content (AvgIpc) is 2.70. The van der Waals surface area contributed by atoms with Gasteiger partial charge in [-0.3, -0.25) is 9.03 Å². The van der Waals surface area contributed by atoms with Crippen molar-refractivity contribution in [2.24, 2.45) is 0 Å². The Morgan fingerprint density at radius 1 is 1.12 bits per heavy atom. The summed E-state index contributed by atoms with van der Waals surface area (Å²) in [6, 6.07) is 11.0. The van der Waals surface area contributed by atoms with Gasteiger partial charge in [0.25, 0.3) is 0 Å². The standard InChI is InChI=1S/C23H33N3O5S2/c1-23(2,3)21-16-20(26-14-6-13-24-33(26,29)30)15-18(22(21)31-4)10-7-17-8-11-19(12-9-17)25-32(5,27)28/h8-9,11-12,15-16,24-25H,6-7,10,13-14H2,1-5H3. The molecule has 0 atom stereocenters. The monoisotopic (exact) mass is 495 g/mol. The predicted octanol–water partition coefficient (Wildman–Crippen LogP) is 3.19. The first-order valence-corrected chi connectivity index (χ1v) is 14.2. The summed E-state index contributed by atoms with van der Waals surface area (Å²) in [5.41, 5.74) is 3.81. The van der Waals surface area contributed by atoms with Gasteiger partial charge in [-0.15, -0.1) is 0 Å². The lowest BCUT2D eigenvalue weighted by Gasteiger charge is -2.32. The third-order valence-corrected chi connectivity index (χ3v) is 7.65. The molecule has 8 nitrogen and oxygen atoms in total. The number of benzene rings is 2. The highest BCUT2D eigenvalue weighted by Gasteiger charge is 2.29. The Morgan fingerprint density at radius 3 is 2.33 bits per heavy atom. The molecule has 0 aromatic heterocycles. The van der Waals surface area contributed by atoms with E-state index in [1.165, 1.54) is 4.31 Å². The first-order valence-electron chi connectivity index (χ1n) is 10.9. The Bertz CT molecular complexity index is 1200. The summed E-state index contributed by atoms with van der Waals surface area (Å²) in [5, 5.41) is 0. The van der Waals surface area contributed by atoms with Crippen molar-refractivity contribution in [3.63, 3.8) is 0 Å². The molecule has 0 radical (unpaired) electrons. The van der Waals surface area contributed by atoms with Crippen LogP contribution in [0.2, 0.25) is 0 Å². The van der Waals surface area contributed by atoms with Crippen LogP contribution in [-0.4, -0.2) is 43.3 Å². The molecule has 2 aromatic carbocycles. The van der Waals surface area contributed by atoms with E-state index in [0.717, 1.165) is 35.1 Å². The Balaban J connectivity index is 1.94. The summed E-state index contributed by atoms with van der Waals surface area (Å²) >= 11 is 0. The summed E-state index contributed by atoms with van der Waals surface area (Å²) < 4.78 is 60.4. The summed E-state index contributed by atoms with van der Waals surface area (Å²) in [5.74, 6) is 0.768. The SMILES string of the molecule is COc1c(CCc2ccc(NS(C)(=O)=O)cc2)cc(N2CCCNS2(=O)=O)cc1C(C)(C)C. The van der Waals surface area contributed by atoms with Crippen molar-refractivity contribution in [3.05, 3.63) is 53.1 Å². The van der Waals surface area contributed by atoms with Gasteiger partial charge in [0.05, 0.1) is 19.1 Å². The molecule has 10 heteroatoms. The summed E-state index contributed by atoms with van der Waals surface area (Å²) in [6.45, 7) is 7.11. The zero-order chi connectivity index (χ0) is 24.4. The second-order valence-corrected chi connectivity index (χ2v) is 12.8. The van der Waals surface area contributed by atoms with Crippen molar-refractivity contribution >= 4 is 31.6 Å². The molecule has 0 saturated carbocycles. The minimum atomic E-state index is -3.58. The van der Waals surface area contributed by atoms with Gasteiger partial charge in [0, 0.05) is 24.3 Å². The summed E-state index contributed by atoms with van der Waals surface area (Å²) in [4.78, 5) is 0. The van der Waals surface area contributed by atoms with Crippen LogP contribution in [0, 0.1) is 0 Å². The van der Waals surface area contributed by atoms with E-state index in [2.05, 4.69) is 30.2 Å². The van der Waals surface area contributed by atoms with Gasteiger partial charge in [-0.1, -0.05) is 32.9 Å². The van der Waals surface area contributed by atoms with Crippen LogP contribution in [0.15, 0.2) is 36.4 Å². The molecular formula is C23H33N3O5S2. The lowest BCUT2D eigenvalue weighted by molar-refractivity contribution is 0.392. The van der Waals surface area contributed by atoms with Gasteiger partial charge < -0.3 is 4.74 Å². The van der Waals surface area contributed by atoms with E-state index >= 15 is 0 Å². The molecule has 0 unspecified atom stereocenters. The molecule has 0 bridgehead atoms. The fraction of sp³-hybridized carbons (Fsp3) is 0.478. The topological polar surface area (TPSA) is 105 Å². The normalized spacial score (nSPS) is 16.5. The van der Waals surface area contributed by atoms with Gasteiger partial charge in [0.2, 0.25) is 10.0 Å². The van der Waals surface area contributed by atoms with Crippen LogP contribution in [-0.2, 0) is 38.5 Å². The highest BCUT2D eigenvalue weighted by atomic mass is 32.2. The Labute approximate surface area is 197 Å². The third kappa shape index (κ3) is 6.39. The maximum Gasteiger partial charge on any atom is 0.301 e. The highest BCUT2D eigenvalue weighted by Crippen LogP contribution is 2.39. The van der Waals surface area contributed by atoms with E-state index in [1.807, 2.05) is 24.3 Å². The zero-order valence-corrected chi connectivity index (χ0v) is 21.4. The van der Waals surface area contributed by atoms with Gasteiger partial charge in [0.15, 0.2) is 0 Å². The Kier molecular flexibility index (Phi) is 7.30. The van der Waals surface area contributed by atoms with Crippen LogP contribution in [0.1, 0.15) is 43.9 Å². The predicted molar refractivity (Wildman–Crippen MR) is 133 cm³/mol. The molecule has 33 heavy (non-hydrogen) atoms. The Morgan fingerprint density at radius 2 is 1.79 bits per heavy atom. The average molecular weight is 496 g/mol. The number of nitrogens with one attached hydrogen (secondary N) is 2. The van der Waals surface area contributed by atoms with E-state index in [4.69, 9.17) is 4.74 Å². The molecule has 2 aromatic rings. The first kappa shape index (κ1) is 25.3. The fourth-order valence-electron chi connectivity index (χ4n) is 3.92. The third-order valence-electron chi connectivity index (χ3n) is 5.50. The number of ether oxygens (including phenoxy) is 1. The zero-order valence-electron chi connectivity index (χ0n) is 19.8. The van der Waals surface area contributed by atoms with E-state index < -0.39 is 20.2 Å². The molecule has 1 saturated heterocycles. The van der Waals surface area contributed by atoms with Crippen LogP contribution >= 0.6 is 0 Å². The molecule has 182 valence electrons. The van der Waals surface area contributed by atoms with Crippen LogP contribution in [0.25, 0.3) is 0 Å². The van der Waals surface area contributed by atoms with Crippen LogP contribution in [0.4, 0.5) is 11.4 Å². The van der Waals surface area contributed by atoms with Gasteiger partial charge in [-0.2, -0.15) is 13.1 Å². The van der Waals surface area contributed by atoms with Gasteiger partial charge in [-0.05, 0) is 60.1 Å². The largest absolute Gasteiger partial charge is 0.496 e. The number of sulfonamides is 1. The second kappa shape index (κ2) is 9.52. The maximum atomic E-state index is 12.7. The molecule has 0 spiro atoms. The molecule has 1 aliphatic rings. The lowest BCUT2D eigenvalue weighted by Crippen LogP contribution is -2.47. The number of nitrogens with zero attached hydrogens (tertiary/aromatic N) is 1. The maximum absolute atomic E-state index is 12.7. The van der Waals surface area contributed by atoms with E-state index in [9.17, 15) is 16.8 Å². The fourth-order valence-corrected chi connectivity index (χ4v) is 5.80. The van der Waals surface area contributed by atoms with E-state index in [0.29, 0.717) is 37.3 Å². The van der Waals surface area contributed by atoms with Crippen LogP contribution in [0.5, 0.6) is 5.75 Å². The molecular weight excluding hydrogens is 462 g/mol. The summed E-state index contributed by atoms with van der Waals surface area (Å²) in [6.07, 6.45) is 3.18. The molecule has 0 amide bonds. The number of hydrogen-bond acceptors (Lipinski definition) is 5. The Hall–Kier alpha value is -2.30. The smallest absolute Gasteiger partial charge is 0.301 e. The number of rotatable bonds is 7. The first-order chi connectivity index (χ1) is 15.3. The summed E-state index contributed by atoms with van der Waals surface area (Å²) in [7, 11) is -5.26. The highest BCUT2D eigenvalue weighted by molar-refractivity contribution is 7.92.